The Balaban J connectivity index is 2.34. The van der Waals surface area contributed by atoms with Crippen LogP contribution in [-0.4, -0.2) is 17.5 Å². The third-order valence-corrected chi connectivity index (χ3v) is 2.53. The molecule has 1 heterocycles. The fourth-order valence-corrected chi connectivity index (χ4v) is 1.63. The molecule has 4 heteroatoms. The average molecular weight is 238 g/mol. The van der Waals surface area contributed by atoms with Gasteiger partial charge in [-0.2, -0.15) is 0 Å². The van der Waals surface area contributed by atoms with Gasteiger partial charge in [0.25, 0.3) is 0 Å². The molecule has 0 saturated carbocycles. The van der Waals surface area contributed by atoms with Crippen molar-refractivity contribution in [3.8, 4) is 5.75 Å². The minimum absolute atomic E-state index is 0.106. The topological polar surface area (TPSA) is 42.1 Å². The van der Waals surface area contributed by atoms with Crippen molar-refractivity contribution in [1.82, 2.24) is 4.98 Å². The first-order valence-corrected chi connectivity index (χ1v) is 5.65. The van der Waals surface area contributed by atoms with Crippen LogP contribution in [0.5, 0.6) is 5.75 Å². The van der Waals surface area contributed by atoms with E-state index < -0.39 is 0 Å². The summed E-state index contributed by atoms with van der Waals surface area (Å²) in [6.07, 6.45) is 0.807. The summed E-state index contributed by atoms with van der Waals surface area (Å²) in [4.78, 5) is 13.9. The number of hydrogen-bond acceptors (Lipinski definition) is 2. The molecule has 0 saturated heterocycles. The number of aromatic nitrogens is 1. The van der Waals surface area contributed by atoms with Crippen LogP contribution in [0.25, 0.3) is 10.9 Å². The number of aromatic amines is 1. The SMILES string of the molecule is O=c1ccc2c(OCCCCl)cccc2[nH]1. The summed E-state index contributed by atoms with van der Waals surface area (Å²) < 4.78 is 5.59. The van der Waals surface area contributed by atoms with E-state index in [4.69, 9.17) is 16.3 Å². The minimum Gasteiger partial charge on any atom is -0.493 e. The molecular formula is C12H12ClNO2. The zero-order chi connectivity index (χ0) is 11.4. The summed E-state index contributed by atoms with van der Waals surface area (Å²) in [6, 6.07) is 8.86. The van der Waals surface area contributed by atoms with E-state index in [1.54, 1.807) is 6.07 Å². The normalized spacial score (nSPS) is 10.6. The van der Waals surface area contributed by atoms with E-state index in [0.717, 1.165) is 23.1 Å². The highest BCUT2D eigenvalue weighted by Gasteiger charge is 2.01. The molecule has 1 aromatic heterocycles. The molecule has 3 nitrogen and oxygen atoms in total. The zero-order valence-corrected chi connectivity index (χ0v) is 9.46. The molecule has 2 rings (SSSR count). The Kier molecular flexibility index (Phi) is 3.47. The Labute approximate surface area is 98.0 Å². The number of H-pyrrole nitrogens is 1. The van der Waals surface area contributed by atoms with Crippen LogP contribution in [0, 0.1) is 0 Å². The van der Waals surface area contributed by atoms with E-state index in [1.165, 1.54) is 6.07 Å². The van der Waals surface area contributed by atoms with Crippen LogP contribution in [0.4, 0.5) is 0 Å². The standard InChI is InChI=1S/C12H12ClNO2/c13-7-2-8-16-11-4-1-3-10-9(11)5-6-12(15)14-10/h1,3-6H,2,7-8H2,(H,14,15). The predicted molar refractivity (Wildman–Crippen MR) is 65.4 cm³/mol. The molecule has 1 aromatic carbocycles. The molecule has 0 aliphatic carbocycles. The lowest BCUT2D eigenvalue weighted by Gasteiger charge is -2.07. The Bertz CT molecular complexity index is 536. The number of hydrogen-bond donors (Lipinski definition) is 1. The van der Waals surface area contributed by atoms with Crippen LogP contribution in [0.1, 0.15) is 6.42 Å². The smallest absolute Gasteiger partial charge is 0.248 e. The third kappa shape index (κ3) is 2.36. The van der Waals surface area contributed by atoms with Crippen molar-refractivity contribution < 1.29 is 4.74 Å². The molecule has 0 unspecified atom stereocenters. The van der Waals surface area contributed by atoms with Crippen molar-refractivity contribution in [2.45, 2.75) is 6.42 Å². The number of ether oxygens (including phenoxy) is 1. The summed E-state index contributed by atoms with van der Waals surface area (Å²) in [6.45, 7) is 0.585. The first kappa shape index (κ1) is 11.0. The maximum Gasteiger partial charge on any atom is 0.248 e. The van der Waals surface area contributed by atoms with E-state index in [-0.39, 0.29) is 5.56 Å². The Morgan fingerprint density at radius 1 is 1.25 bits per heavy atom. The monoisotopic (exact) mass is 237 g/mol. The van der Waals surface area contributed by atoms with Gasteiger partial charge >= 0.3 is 0 Å². The van der Waals surface area contributed by atoms with E-state index >= 15 is 0 Å². The average Bonchev–Trinajstić information content (AvgIpc) is 2.29. The number of halogens is 1. The number of fused-ring (bicyclic) bond motifs is 1. The summed E-state index contributed by atoms with van der Waals surface area (Å²) in [5.74, 6) is 1.36. The Morgan fingerprint density at radius 3 is 2.94 bits per heavy atom. The number of nitrogens with one attached hydrogen (secondary N) is 1. The minimum atomic E-state index is -0.106. The van der Waals surface area contributed by atoms with Crippen LogP contribution in [-0.2, 0) is 0 Å². The Hall–Kier alpha value is -1.48. The fraction of sp³-hybridized carbons (Fsp3) is 0.250. The van der Waals surface area contributed by atoms with Crippen LogP contribution < -0.4 is 10.3 Å². The van der Waals surface area contributed by atoms with Gasteiger partial charge in [0.05, 0.1) is 12.1 Å². The summed E-state index contributed by atoms with van der Waals surface area (Å²) >= 11 is 5.58. The maximum absolute atomic E-state index is 11.1. The molecule has 84 valence electrons. The molecule has 0 fully saturated rings. The first-order chi connectivity index (χ1) is 7.81. The molecule has 1 N–H and O–H groups in total. The summed E-state index contributed by atoms with van der Waals surface area (Å²) in [5.41, 5.74) is 0.682. The molecule has 0 amide bonds. The van der Waals surface area contributed by atoms with Crippen molar-refractivity contribution in [2.75, 3.05) is 12.5 Å². The first-order valence-electron chi connectivity index (χ1n) is 5.12. The van der Waals surface area contributed by atoms with Gasteiger partial charge in [0.2, 0.25) is 5.56 Å². The van der Waals surface area contributed by atoms with Gasteiger partial charge in [-0.3, -0.25) is 4.79 Å². The number of alkyl halides is 1. The number of benzene rings is 1. The molecule has 2 aromatic rings. The second kappa shape index (κ2) is 5.03. The van der Waals surface area contributed by atoms with Crippen molar-refractivity contribution in [3.63, 3.8) is 0 Å². The molecule has 0 bridgehead atoms. The molecule has 0 aliphatic heterocycles. The largest absolute Gasteiger partial charge is 0.493 e. The lowest BCUT2D eigenvalue weighted by atomic mass is 10.2. The van der Waals surface area contributed by atoms with Gasteiger partial charge in [0.1, 0.15) is 5.75 Å². The second-order valence-electron chi connectivity index (χ2n) is 3.43. The molecule has 16 heavy (non-hydrogen) atoms. The van der Waals surface area contributed by atoms with Crippen molar-refractivity contribution >= 4 is 22.5 Å². The zero-order valence-electron chi connectivity index (χ0n) is 8.70. The molecule has 0 atom stereocenters. The van der Waals surface area contributed by atoms with Gasteiger partial charge in [0, 0.05) is 17.3 Å². The maximum atomic E-state index is 11.1. The second-order valence-corrected chi connectivity index (χ2v) is 3.81. The third-order valence-electron chi connectivity index (χ3n) is 2.26. The molecule has 0 radical (unpaired) electrons. The highest BCUT2D eigenvalue weighted by Crippen LogP contribution is 2.22. The van der Waals surface area contributed by atoms with Gasteiger partial charge in [-0.05, 0) is 24.6 Å². The van der Waals surface area contributed by atoms with Gasteiger partial charge in [-0.25, -0.2) is 0 Å². The highest BCUT2D eigenvalue weighted by molar-refractivity contribution is 6.17. The predicted octanol–water partition coefficient (Wildman–Crippen LogP) is 2.54. The van der Waals surface area contributed by atoms with Crippen molar-refractivity contribution in [1.29, 1.82) is 0 Å². The highest BCUT2D eigenvalue weighted by atomic mass is 35.5. The van der Waals surface area contributed by atoms with Crippen LogP contribution in [0.3, 0.4) is 0 Å². The van der Waals surface area contributed by atoms with Crippen LogP contribution in [0.15, 0.2) is 35.1 Å². The lowest BCUT2D eigenvalue weighted by Crippen LogP contribution is -2.04. The van der Waals surface area contributed by atoms with E-state index in [9.17, 15) is 4.79 Å². The van der Waals surface area contributed by atoms with Crippen molar-refractivity contribution in [3.05, 3.63) is 40.7 Å². The molecular weight excluding hydrogens is 226 g/mol. The lowest BCUT2D eigenvalue weighted by molar-refractivity contribution is 0.322. The van der Waals surface area contributed by atoms with Crippen molar-refractivity contribution in [2.24, 2.45) is 0 Å². The summed E-state index contributed by atoms with van der Waals surface area (Å²) in [5, 5.41) is 0.914. The fourth-order valence-electron chi connectivity index (χ4n) is 1.52. The van der Waals surface area contributed by atoms with Gasteiger partial charge < -0.3 is 9.72 Å². The Morgan fingerprint density at radius 2 is 2.12 bits per heavy atom. The number of pyridine rings is 1. The van der Waals surface area contributed by atoms with E-state index in [1.807, 2.05) is 18.2 Å². The summed E-state index contributed by atoms with van der Waals surface area (Å²) in [7, 11) is 0. The van der Waals surface area contributed by atoms with Crippen LogP contribution >= 0.6 is 11.6 Å². The molecule has 0 spiro atoms. The van der Waals surface area contributed by atoms with E-state index in [0.29, 0.717) is 12.5 Å². The van der Waals surface area contributed by atoms with Gasteiger partial charge in [-0.15, -0.1) is 11.6 Å². The number of rotatable bonds is 4. The molecule has 0 aliphatic rings. The van der Waals surface area contributed by atoms with E-state index in [2.05, 4.69) is 4.98 Å². The van der Waals surface area contributed by atoms with Crippen LogP contribution in [0.2, 0.25) is 0 Å². The quantitative estimate of drug-likeness (QED) is 0.656. The van der Waals surface area contributed by atoms with Gasteiger partial charge in [0.15, 0.2) is 0 Å². The van der Waals surface area contributed by atoms with Gasteiger partial charge in [-0.1, -0.05) is 6.07 Å².